The molecule has 2 aliphatic rings. The Kier molecular flexibility index (Phi) is 8.84. The van der Waals surface area contributed by atoms with Crippen molar-refractivity contribution in [2.75, 3.05) is 49.1 Å². The Labute approximate surface area is 279 Å². The van der Waals surface area contributed by atoms with E-state index < -0.39 is 15.6 Å². The van der Waals surface area contributed by atoms with E-state index in [4.69, 9.17) is 4.74 Å². The van der Waals surface area contributed by atoms with E-state index >= 15 is 0 Å². The number of sulfonamides is 1. The molecule has 0 unspecified atom stereocenters. The summed E-state index contributed by atoms with van der Waals surface area (Å²) in [7, 11) is -3.88. The zero-order valence-electron chi connectivity index (χ0n) is 26.5. The average Bonchev–Trinajstić information content (AvgIpc) is 3.30. The fourth-order valence-corrected chi connectivity index (χ4v) is 8.34. The standard InChI is InChI=1S/C35H38BrN5O4S/c1-5-39(6-2)25-13-15-30-32(20-25)45-33-21-26(40(7-3)8-4)14-16-31(33)35(30)29-12-10-9-11-28(29)34(42)41(35)18-17-38-46(43,44)27-19-24(36)22-37-23-27/h9-16,19-23,38H,5-8,17-18H2,1-4H3. The van der Waals surface area contributed by atoms with Crippen LogP contribution in [0.4, 0.5) is 11.4 Å². The highest BCUT2D eigenvalue weighted by Gasteiger charge is 2.56. The van der Waals surface area contributed by atoms with Crippen LogP contribution in [0, 0.1) is 0 Å². The molecular formula is C35H38BrN5O4S. The van der Waals surface area contributed by atoms with E-state index in [2.05, 4.69) is 99.5 Å². The zero-order valence-corrected chi connectivity index (χ0v) is 28.9. The summed E-state index contributed by atoms with van der Waals surface area (Å²) in [6, 6.07) is 21.6. The van der Waals surface area contributed by atoms with E-state index in [1.807, 2.05) is 24.3 Å². The molecule has 0 saturated heterocycles. The maximum atomic E-state index is 14.4. The second kappa shape index (κ2) is 12.7. The van der Waals surface area contributed by atoms with Crippen molar-refractivity contribution in [1.82, 2.24) is 14.6 Å². The van der Waals surface area contributed by atoms with Crippen LogP contribution in [-0.2, 0) is 15.6 Å². The highest BCUT2D eigenvalue weighted by atomic mass is 79.9. The van der Waals surface area contributed by atoms with Crippen LogP contribution < -0.4 is 19.3 Å². The van der Waals surface area contributed by atoms with Gasteiger partial charge < -0.3 is 19.4 Å². The number of nitrogens with one attached hydrogen (secondary N) is 1. The number of anilines is 2. The molecule has 240 valence electrons. The van der Waals surface area contributed by atoms with Gasteiger partial charge in [-0.15, -0.1) is 0 Å². The summed E-state index contributed by atoms with van der Waals surface area (Å²) >= 11 is 3.30. The Morgan fingerprint density at radius 3 is 1.98 bits per heavy atom. The smallest absolute Gasteiger partial charge is 0.255 e. The summed E-state index contributed by atoms with van der Waals surface area (Å²) in [6.07, 6.45) is 2.83. The number of hydrogen-bond acceptors (Lipinski definition) is 7. The number of fused-ring (bicyclic) bond motifs is 6. The molecular weight excluding hydrogens is 666 g/mol. The highest BCUT2D eigenvalue weighted by Crippen LogP contribution is 2.58. The molecule has 11 heteroatoms. The van der Waals surface area contributed by atoms with Crippen LogP contribution in [0.3, 0.4) is 0 Å². The molecule has 3 heterocycles. The molecule has 0 saturated carbocycles. The molecule has 1 aromatic heterocycles. The fourth-order valence-electron chi connectivity index (χ4n) is 6.82. The third-order valence-electron chi connectivity index (χ3n) is 9.00. The molecule has 0 radical (unpaired) electrons. The van der Waals surface area contributed by atoms with Crippen LogP contribution in [0.15, 0.2) is 88.5 Å². The van der Waals surface area contributed by atoms with Gasteiger partial charge in [-0.25, -0.2) is 13.1 Å². The Bertz CT molecular complexity index is 1830. The van der Waals surface area contributed by atoms with Gasteiger partial charge in [0.25, 0.3) is 5.91 Å². The number of halogens is 1. The van der Waals surface area contributed by atoms with E-state index in [1.54, 1.807) is 4.90 Å². The topological polar surface area (TPSA) is 95.1 Å². The number of pyridine rings is 1. The second-order valence-electron chi connectivity index (χ2n) is 11.3. The summed E-state index contributed by atoms with van der Waals surface area (Å²) in [5.74, 6) is 1.17. The van der Waals surface area contributed by atoms with E-state index in [9.17, 15) is 13.2 Å². The van der Waals surface area contributed by atoms with Gasteiger partial charge in [-0.05, 0) is 73.5 Å². The van der Waals surface area contributed by atoms with Crippen molar-refractivity contribution in [2.45, 2.75) is 38.1 Å². The molecule has 1 N–H and O–H groups in total. The number of benzene rings is 3. The highest BCUT2D eigenvalue weighted by molar-refractivity contribution is 9.10. The number of carbonyl (C=O) groups is 1. The van der Waals surface area contributed by atoms with Crippen molar-refractivity contribution in [3.05, 3.63) is 106 Å². The molecule has 3 aromatic carbocycles. The van der Waals surface area contributed by atoms with Crippen LogP contribution in [-0.4, -0.2) is 63.5 Å². The molecule has 0 fully saturated rings. The molecule has 1 spiro atoms. The molecule has 1 amide bonds. The molecule has 4 aromatic rings. The average molecular weight is 705 g/mol. The number of amides is 1. The van der Waals surface area contributed by atoms with Crippen LogP contribution >= 0.6 is 15.9 Å². The van der Waals surface area contributed by atoms with Crippen molar-refractivity contribution >= 4 is 43.2 Å². The minimum atomic E-state index is -3.88. The summed E-state index contributed by atoms with van der Waals surface area (Å²) in [4.78, 5) is 24.7. The lowest BCUT2D eigenvalue weighted by Crippen LogP contribution is -2.50. The van der Waals surface area contributed by atoms with Crippen LogP contribution in [0.25, 0.3) is 0 Å². The molecule has 2 aliphatic heterocycles. The zero-order chi connectivity index (χ0) is 32.6. The molecule has 46 heavy (non-hydrogen) atoms. The molecule has 0 atom stereocenters. The van der Waals surface area contributed by atoms with Gasteiger partial charge >= 0.3 is 0 Å². The number of nitrogens with zero attached hydrogens (tertiary/aromatic N) is 4. The van der Waals surface area contributed by atoms with Crippen molar-refractivity contribution in [3.63, 3.8) is 0 Å². The van der Waals surface area contributed by atoms with Gasteiger partial charge in [0.05, 0.1) is 0 Å². The molecule has 0 aliphatic carbocycles. The lowest BCUT2D eigenvalue weighted by atomic mass is 9.74. The quantitative estimate of drug-likeness (QED) is 0.194. The summed E-state index contributed by atoms with van der Waals surface area (Å²) in [6.45, 7) is 11.9. The maximum Gasteiger partial charge on any atom is 0.255 e. The first-order valence-corrected chi connectivity index (χ1v) is 18.0. The van der Waals surface area contributed by atoms with E-state index in [0.29, 0.717) is 21.5 Å². The summed E-state index contributed by atoms with van der Waals surface area (Å²) in [5.41, 5.74) is 4.12. The van der Waals surface area contributed by atoms with Gasteiger partial charge in [0.2, 0.25) is 10.0 Å². The van der Waals surface area contributed by atoms with Gasteiger partial charge in [0, 0.05) is 96.3 Å². The summed E-state index contributed by atoms with van der Waals surface area (Å²) < 4.78 is 36.5. The second-order valence-corrected chi connectivity index (χ2v) is 13.9. The first-order chi connectivity index (χ1) is 22.2. The van der Waals surface area contributed by atoms with Gasteiger partial charge in [0.15, 0.2) is 0 Å². The van der Waals surface area contributed by atoms with E-state index in [1.165, 1.54) is 18.5 Å². The number of carbonyl (C=O) groups excluding carboxylic acids is 1. The molecule has 9 nitrogen and oxygen atoms in total. The number of rotatable bonds is 11. The molecule has 6 rings (SSSR count). The minimum absolute atomic E-state index is 0.00306. The number of ether oxygens (including phenoxy) is 1. The number of hydrogen-bond donors (Lipinski definition) is 1. The third kappa shape index (κ3) is 5.24. The first-order valence-electron chi connectivity index (χ1n) is 15.7. The van der Waals surface area contributed by atoms with Crippen LogP contribution in [0.2, 0.25) is 0 Å². The Morgan fingerprint density at radius 1 is 0.826 bits per heavy atom. The summed E-state index contributed by atoms with van der Waals surface area (Å²) in [5, 5.41) is 0. The van der Waals surface area contributed by atoms with Gasteiger partial charge in [-0.3, -0.25) is 9.78 Å². The Balaban J connectivity index is 1.51. The maximum absolute atomic E-state index is 14.4. The van der Waals surface area contributed by atoms with Crippen LogP contribution in [0.1, 0.15) is 54.7 Å². The van der Waals surface area contributed by atoms with Crippen molar-refractivity contribution in [2.24, 2.45) is 0 Å². The largest absolute Gasteiger partial charge is 0.456 e. The van der Waals surface area contributed by atoms with Gasteiger partial charge in [-0.1, -0.05) is 30.3 Å². The SMILES string of the molecule is CCN(CC)c1ccc2c(c1)Oc1cc(N(CC)CC)ccc1C21c2ccccc2C(=O)N1CCNS(=O)(=O)c1cncc(Br)c1. The number of aromatic nitrogens is 1. The minimum Gasteiger partial charge on any atom is -0.456 e. The van der Waals surface area contributed by atoms with E-state index in [-0.39, 0.29) is 23.9 Å². The van der Waals surface area contributed by atoms with Gasteiger partial charge in [0.1, 0.15) is 21.9 Å². The normalized spacial score (nSPS) is 14.5. The van der Waals surface area contributed by atoms with E-state index in [0.717, 1.165) is 54.2 Å². The predicted molar refractivity (Wildman–Crippen MR) is 185 cm³/mol. The van der Waals surface area contributed by atoms with Crippen molar-refractivity contribution < 1.29 is 17.9 Å². The van der Waals surface area contributed by atoms with Crippen molar-refractivity contribution in [1.29, 1.82) is 0 Å². The van der Waals surface area contributed by atoms with Crippen LogP contribution in [0.5, 0.6) is 11.5 Å². The lowest BCUT2D eigenvalue weighted by Gasteiger charge is -2.45. The fraction of sp³-hybridized carbons (Fsp3) is 0.314. The predicted octanol–water partition coefficient (Wildman–Crippen LogP) is 6.37. The molecule has 0 bridgehead atoms. The first kappa shape index (κ1) is 32.0. The monoisotopic (exact) mass is 703 g/mol. The van der Waals surface area contributed by atoms with Gasteiger partial charge in [-0.2, -0.15) is 0 Å². The lowest BCUT2D eigenvalue weighted by molar-refractivity contribution is 0.0671. The Hall–Kier alpha value is -3.93. The Morgan fingerprint density at radius 2 is 1.41 bits per heavy atom. The third-order valence-corrected chi connectivity index (χ3v) is 10.9. The van der Waals surface area contributed by atoms with Crippen molar-refractivity contribution in [3.8, 4) is 11.5 Å².